The van der Waals surface area contributed by atoms with Gasteiger partial charge >= 0.3 is 0 Å². The third kappa shape index (κ3) is 3.83. The second-order valence-electron chi connectivity index (χ2n) is 6.08. The molecule has 1 N–H and O–H groups in total. The molecule has 1 aliphatic rings. The first-order valence-corrected chi connectivity index (χ1v) is 6.46. The van der Waals surface area contributed by atoms with Gasteiger partial charge in [-0.2, -0.15) is 0 Å². The van der Waals surface area contributed by atoms with Gasteiger partial charge in [0.25, 0.3) is 0 Å². The molecule has 0 saturated carbocycles. The average Bonchev–Trinajstić information content (AvgIpc) is 2.28. The van der Waals surface area contributed by atoms with Gasteiger partial charge in [0.05, 0.1) is 12.2 Å². The van der Waals surface area contributed by atoms with E-state index in [1.54, 1.807) is 0 Å². The molecular weight excluding hydrogens is 210 g/mol. The second-order valence-corrected chi connectivity index (χ2v) is 6.08. The van der Waals surface area contributed by atoms with E-state index < -0.39 is 0 Å². The lowest BCUT2D eigenvalue weighted by molar-refractivity contribution is -0.0552. The molecular formula is C15H23NO. The first-order chi connectivity index (χ1) is 8.04. The lowest BCUT2D eigenvalue weighted by Gasteiger charge is -2.34. The molecule has 1 aromatic rings. The lowest BCUT2D eigenvalue weighted by atomic mass is 9.88. The van der Waals surface area contributed by atoms with E-state index in [1.165, 1.54) is 5.56 Å². The summed E-state index contributed by atoms with van der Waals surface area (Å²) in [6.45, 7) is 8.69. The molecule has 0 aromatic heterocycles. The maximum absolute atomic E-state index is 6.19. The van der Waals surface area contributed by atoms with Crippen molar-refractivity contribution in [3.63, 3.8) is 0 Å². The van der Waals surface area contributed by atoms with E-state index >= 15 is 0 Å². The Kier molecular flexibility index (Phi) is 3.85. The van der Waals surface area contributed by atoms with Crippen molar-refractivity contribution in [1.82, 2.24) is 5.32 Å². The molecule has 2 atom stereocenters. The lowest BCUT2D eigenvalue weighted by Crippen LogP contribution is -2.42. The normalized spacial score (nSPS) is 25.8. The minimum Gasteiger partial charge on any atom is -0.368 e. The average molecular weight is 233 g/mol. The molecule has 2 heteroatoms. The summed E-state index contributed by atoms with van der Waals surface area (Å²) in [5.41, 5.74) is 1.60. The molecule has 0 amide bonds. The minimum atomic E-state index is 0.206. The molecule has 94 valence electrons. The number of morpholine rings is 1. The van der Waals surface area contributed by atoms with Crippen molar-refractivity contribution < 1.29 is 4.74 Å². The zero-order valence-corrected chi connectivity index (χ0v) is 11.1. The van der Waals surface area contributed by atoms with E-state index in [1.807, 2.05) is 6.07 Å². The van der Waals surface area contributed by atoms with Crippen LogP contribution >= 0.6 is 0 Å². The molecule has 2 nitrogen and oxygen atoms in total. The number of ether oxygens (including phenoxy) is 1. The highest BCUT2D eigenvalue weighted by atomic mass is 16.5. The largest absolute Gasteiger partial charge is 0.368 e. The quantitative estimate of drug-likeness (QED) is 0.847. The fourth-order valence-corrected chi connectivity index (χ4v) is 2.37. The van der Waals surface area contributed by atoms with Gasteiger partial charge in [-0.1, -0.05) is 51.1 Å². The van der Waals surface area contributed by atoms with Crippen LogP contribution in [0.3, 0.4) is 0 Å². The number of benzene rings is 1. The zero-order valence-electron chi connectivity index (χ0n) is 11.1. The standard InChI is InChI=1S/C15H23NO/c1-15(2,3)9-13-10-16-11-14(17-13)12-7-5-4-6-8-12/h4-8,13-14,16H,9-11H2,1-3H3. The summed E-state index contributed by atoms with van der Waals surface area (Å²) in [5.74, 6) is 0. The van der Waals surface area contributed by atoms with Crippen molar-refractivity contribution in [3.8, 4) is 0 Å². The molecule has 0 radical (unpaired) electrons. The van der Waals surface area contributed by atoms with Crippen molar-refractivity contribution >= 4 is 0 Å². The number of rotatable bonds is 2. The highest BCUT2D eigenvalue weighted by molar-refractivity contribution is 5.18. The molecule has 0 aliphatic carbocycles. The first kappa shape index (κ1) is 12.6. The van der Waals surface area contributed by atoms with Gasteiger partial charge in [0.1, 0.15) is 0 Å². The molecule has 1 heterocycles. The predicted molar refractivity (Wildman–Crippen MR) is 71.0 cm³/mol. The Balaban J connectivity index is 1.98. The Hall–Kier alpha value is -0.860. The Morgan fingerprint density at radius 2 is 1.88 bits per heavy atom. The third-order valence-corrected chi connectivity index (χ3v) is 3.07. The highest BCUT2D eigenvalue weighted by Crippen LogP contribution is 2.28. The summed E-state index contributed by atoms with van der Waals surface area (Å²) < 4.78 is 6.19. The fourth-order valence-electron chi connectivity index (χ4n) is 2.37. The van der Waals surface area contributed by atoms with Crippen LogP contribution in [0.2, 0.25) is 0 Å². The SMILES string of the molecule is CC(C)(C)CC1CNCC(c2ccccc2)O1. The van der Waals surface area contributed by atoms with Crippen LogP contribution in [0.5, 0.6) is 0 Å². The molecule has 1 fully saturated rings. The van der Waals surface area contributed by atoms with Gasteiger partial charge in [-0.05, 0) is 17.4 Å². The van der Waals surface area contributed by atoms with E-state index in [0.29, 0.717) is 11.5 Å². The van der Waals surface area contributed by atoms with E-state index in [4.69, 9.17) is 4.74 Å². The molecule has 0 spiro atoms. The van der Waals surface area contributed by atoms with Crippen LogP contribution in [0.4, 0.5) is 0 Å². The second kappa shape index (κ2) is 5.19. The van der Waals surface area contributed by atoms with Gasteiger partial charge in [-0.25, -0.2) is 0 Å². The molecule has 2 rings (SSSR count). The van der Waals surface area contributed by atoms with Gasteiger partial charge < -0.3 is 10.1 Å². The van der Waals surface area contributed by atoms with Crippen LogP contribution in [0.25, 0.3) is 0 Å². The van der Waals surface area contributed by atoms with Crippen LogP contribution in [-0.4, -0.2) is 19.2 Å². The van der Waals surface area contributed by atoms with Crippen molar-refractivity contribution in [2.75, 3.05) is 13.1 Å². The summed E-state index contributed by atoms with van der Waals surface area (Å²) in [6, 6.07) is 10.5. The highest BCUT2D eigenvalue weighted by Gasteiger charge is 2.26. The Morgan fingerprint density at radius 1 is 1.18 bits per heavy atom. The minimum absolute atomic E-state index is 0.206. The third-order valence-electron chi connectivity index (χ3n) is 3.07. The first-order valence-electron chi connectivity index (χ1n) is 6.46. The molecule has 0 bridgehead atoms. The maximum Gasteiger partial charge on any atom is 0.0953 e. The monoisotopic (exact) mass is 233 g/mol. The van der Waals surface area contributed by atoms with Gasteiger partial charge in [-0.3, -0.25) is 0 Å². The number of hydrogen-bond acceptors (Lipinski definition) is 2. The summed E-state index contributed by atoms with van der Waals surface area (Å²) >= 11 is 0. The molecule has 1 saturated heterocycles. The topological polar surface area (TPSA) is 21.3 Å². The van der Waals surface area contributed by atoms with E-state index in [0.717, 1.165) is 19.5 Å². The Morgan fingerprint density at radius 3 is 2.53 bits per heavy atom. The van der Waals surface area contributed by atoms with Crippen molar-refractivity contribution in [3.05, 3.63) is 35.9 Å². The van der Waals surface area contributed by atoms with Crippen molar-refractivity contribution in [1.29, 1.82) is 0 Å². The van der Waals surface area contributed by atoms with Crippen LogP contribution < -0.4 is 5.32 Å². The molecule has 17 heavy (non-hydrogen) atoms. The number of hydrogen-bond donors (Lipinski definition) is 1. The summed E-state index contributed by atoms with van der Waals surface area (Å²) in [5, 5.41) is 3.48. The van der Waals surface area contributed by atoms with Crippen molar-refractivity contribution in [2.24, 2.45) is 5.41 Å². The Labute approximate surface area is 104 Å². The van der Waals surface area contributed by atoms with Gasteiger partial charge in [0.15, 0.2) is 0 Å². The van der Waals surface area contributed by atoms with Crippen LogP contribution in [0.1, 0.15) is 38.9 Å². The van der Waals surface area contributed by atoms with E-state index in [9.17, 15) is 0 Å². The molecule has 1 aliphatic heterocycles. The van der Waals surface area contributed by atoms with Crippen LogP contribution in [0.15, 0.2) is 30.3 Å². The van der Waals surface area contributed by atoms with Gasteiger partial charge in [-0.15, -0.1) is 0 Å². The fraction of sp³-hybridized carbons (Fsp3) is 0.600. The Bertz CT molecular complexity index is 342. The van der Waals surface area contributed by atoms with Crippen LogP contribution in [-0.2, 0) is 4.74 Å². The molecule has 2 unspecified atom stereocenters. The van der Waals surface area contributed by atoms with Crippen molar-refractivity contribution in [2.45, 2.75) is 39.4 Å². The molecule has 1 aromatic carbocycles. The summed E-state index contributed by atoms with van der Waals surface area (Å²) in [6.07, 6.45) is 1.63. The van der Waals surface area contributed by atoms with Gasteiger partial charge in [0.2, 0.25) is 0 Å². The maximum atomic E-state index is 6.19. The van der Waals surface area contributed by atoms with Crippen LogP contribution in [0, 0.1) is 5.41 Å². The van der Waals surface area contributed by atoms with Gasteiger partial charge in [0, 0.05) is 13.1 Å². The smallest absolute Gasteiger partial charge is 0.0953 e. The summed E-state index contributed by atoms with van der Waals surface area (Å²) in [7, 11) is 0. The predicted octanol–water partition coefficient (Wildman–Crippen LogP) is 3.15. The van der Waals surface area contributed by atoms with E-state index in [2.05, 4.69) is 50.4 Å². The number of nitrogens with one attached hydrogen (secondary N) is 1. The van der Waals surface area contributed by atoms with E-state index in [-0.39, 0.29) is 6.10 Å². The summed E-state index contributed by atoms with van der Waals surface area (Å²) in [4.78, 5) is 0. The zero-order chi connectivity index (χ0) is 12.3.